The summed E-state index contributed by atoms with van der Waals surface area (Å²) < 4.78 is 0. The molecule has 0 aromatic heterocycles. The van der Waals surface area contributed by atoms with Crippen LogP contribution in [0, 0.1) is 0 Å². The van der Waals surface area contributed by atoms with E-state index in [1.807, 2.05) is 0 Å². The highest BCUT2D eigenvalue weighted by Crippen LogP contribution is 2.10. The molecular weight excluding hydrogens is 378 g/mol. The molecule has 8 nitrogen and oxygen atoms in total. The minimum atomic E-state index is -1.05. The molecule has 0 aliphatic heterocycles. The first-order valence-corrected chi connectivity index (χ1v) is 9.03. The lowest BCUT2D eigenvalue weighted by Crippen LogP contribution is -2.44. The molecule has 10 heteroatoms. The predicted molar refractivity (Wildman–Crippen MR) is 104 cm³/mol. The van der Waals surface area contributed by atoms with Gasteiger partial charge in [0.1, 0.15) is 0 Å². The molecule has 0 saturated heterocycles. The second-order valence-corrected chi connectivity index (χ2v) is 5.99. The largest absolute Gasteiger partial charge is 0.478 e. The van der Waals surface area contributed by atoms with E-state index in [0.717, 1.165) is 0 Å². The van der Waals surface area contributed by atoms with Crippen LogP contribution in [0.25, 0.3) is 0 Å². The van der Waals surface area contributed by atoms with Crippen LogP contribution >= 0.6 is 25.3 Å². The van der Waals surface area contributed by atoms with Gasteiger partial charge in [-0.1, -0.05) is 0 Å². The van der Waals surface area contributed by atoms with Gasteiger partial charge in [0.2, 0.25) is 17.7 Å². The second kappa shape index (κ2) is 11.4. The Morgan fingerprint density at radius 1 is 0.962 bits per heavy atom. The van der Waals surface area contributed by atoms with Crippen molar-refractivity contribution in [3.8, 4) is 0 Å². The normalized spacial score (nSPS) is 11.3. The molecule has 0 aliphatic rings. The standard InChI is InChI=1S/C16H21N3O5S2/c20-13(18-11-3-1-10(2-4-11)16(23)24)6-5-12(19-15(22)9-26)7-17-14(21)8-25/h1-4,12,25-26H,5-9H2,(H,17,21)(H,18,20)(H,19,22)(H,23,24). The van der Waals surface area contributed by atoms with Gasteiger partial charge in [0.05, 0.1) is 17.1 Å². The summed E-state index contributed by atoms with van der Waals surface area (Å²) >= 11 is 7.74. The van der Waals surface area contributed by atoms with Gasteiger partial charge in [-0.3, -0.25) is 14.4 Å². The molecule has 3 amide bonds. The summed E-state index contributed by atoms with van der Waals surface area (Å²) in [6.07, 6.45) is 0.417. The molecule has 0 heterocycles. The smallest absolute Gasteiger partial charge is 0.335 e. The SMILES string of the molecule is O=C(CS)NCC(CCC(=O)Nc1ccc(C(=O)O)cc1)NC(=O)CS. The van der Waals surface area contributed by atoms with Crippen LogP contribution in [-0.2, 0) is 14.4 Å². The average molecular weight is 399 g/mol. The Morgan fingerprint density at radius 3 is 2.12 bits per heavy atom. The van der Waals surface area contributed by atoms with Gasteiger partial charge in [0.15, 0.2) is 0 Å². The van der Waals surface area contributed by atoms with E-state index in [1.165, 1.54) is 24.3 Å². The number of anilines is 1. The van der Waals surface area contributed by atoms with Crippen LogP contribution in [0.15, 0.2) is 24.3 Å². The number of carboxylic acids is 1. The van der Waals surface area contributed by atoms with E-state index >= 15 is 0 Å². The Morgan fingerprint density at radius 2 is 1.58 bits per heavy atom. The van der Waals surface area contributed by atoms with E-state index in [9.17, 15) is 19.2 Å². The van der Waals surface area contributed by atoms with Gasteiger partial charge in [0.25, 0.3) is 0 Å². The number of benzene rings is 1. The maximum Gasteiger partial charge on any atom is 0.335 e. The molecule has 0 fully saturated rings. The third kappa shape index (κ3) is 8.26. The zero-order valence-corrected chi connectivity index (χ0v) is 15.7. The molecule has 26 heavy (non-hydrogen) atoms. The number of thiol groups is 2. The van der Waals surface area contributed by atoms with E-state index in [-0.39, 0.29) is 47.8 Å². The highest BCUT2D eigenvalue weighted by Gasteiger charge is 2.15. The third-order valence-corrected chi connectivity index (χ3v) is 3.91. The fourth-order valence-corrected chi connectivity index (χ4v) is 2.22. The molecule has 0 aliphatic carbocycles. The van der Waals surface area contributed by atoms with E-state index in [0.29, 0.717) is 12.1 Å². The minimum absolute atomic E-state index is 0.000856. The second-order valence-electron chi connectivity index (χ2n) is 5.35. The molecule has 0 spiro atoms. The van der Waals surface area contributed by atoms with Crippen LogP contribution in [0.5, 0.6) is 0 Å². The Hall–Kier alpha value is -2.20. The van der Waals surface area contributed by atoms with Crippen LogP contribution in [0.2, 0.25) is 0 Å². The van der Waals surface area contributed by atoms with E-state index in [1.54, 1.807) is 0 Å². The van der Waals surface area contributed by atoms with Crippen molar-refractivity contribution in [3.63, 3.8) is 0 Å². The molecule has 1 aromatic rings. The van der Waals surface area contributed by atoms with Crippen LogP contribution in [-0.4, -0.2) is 52.9 Å². The number of carbonyl (C=O) groups is 4. The van der Waals surface area contributed by atoms with E-state index in [4.69, 9.17) is 5.11 Å². The molecule has 0 bridgehead atoms. The summed E-state index contributed by atoms with van der Waals surface area (Å²) in [4.78, 5) is 45.6. The molecular formula is C16H21N3O5S2. The summed E-state index contributed by atoms with van der Waals surface area (Å²) in [5.41, 5.74) is 0.594. The quantitative estimate of drug-likeness (QED) is 0.321. The van der Waals surface area contributed by atoms with Crippen molar-refractivity contribution in [1.82, 2.24) is 10.6 Å². The lowest BCUT2D eigenvalue weighted by atomic mass is 10.1. The van der Waals surface area contributed by atoms with E-state index in [2.05, 4.69) is 41.2 Å². The topological polar surface area (TPSA) is 125 Å². The average Bonchev–Trinajstić information content (AvgIpc) is 2.63. The van der Waals surface area contributed by atoms with Gasteiger partial charge in [-0.25, -0.2) is 4.79 Å². The van der Waals surface area contributed by atoms with Crippen LogP contribution < -0.4 is 16.0 Å². The monoisotopic (exact) mass is 399 g/mol. The number of nitrogens with one attached hydrogen (secondary N) is 3. The summed E-state index contributed by atoms with van der Waals surface area (Å²) in [6, 6.07) is 5.35. The van der Waals surface area contributed by atoms with Gasteiger partial charge < -0.3 is 21.1 Å². The van der Waals surface area contributed by atoms with Crippen molar-refractivity contribution in [2.24, 2.45) is 0 Å². The number of hydrogen-bond donors (Lipinski definition) is 6. The first-order chi connectivity index (χ1) is 12.3. The highest BCUT2D eigenvalue weighted by molar-refractivity contribution is 7.81. The van der Waals surface area contributed by atoms with E-state index < -0.39 is 12.0 Å². The van der Waals surface area contributed by atoms with Crippen molar-refractivity contribution in [2.75, 3.05) is 23.4 Å². The van der Waals surface area contributed by atoms with Crippen molar-refractivity contribution in [2.45, 2.75) is 18.9 Å². The van der Waals surface area contributed by atoms with Gasteiger partial charge >= 0.3 is 5.97 Å². The number of amides is 3. The zero-order chi connectivity index (χ0) is 19.5. The third-order valence-electron chi connectivity index (χ3n) is 3.33. The molecule has 142 valence electrons. The van der Waals surface area contributed by atoms with Gasteiger partial charge in [-0.15, -0.1) is 0 Å². The van der Waals surface area contributed by atoms with Crippen molar-refractivity contribution in [1.29, 1.82) is 0 Å². The molecule has 4 N–H and O–H groups in total. The lowest BCUT2D eigenvalue weighted by molar-refractivity contribution is -0.121. The van der Waals surface area contributed by atoms with Gasteiger partial charge in [-0.2, -0.15) is 25.3 Å². The highest BCUT2D eigenvalue weighted by atomic mass is 32.1. The summed E-state index contributed by atoms with van der Waals surface area (Å²) in [5.74, 6) is -1.89. The van der Waals surface area contributed by atoms with Crippen molar-refractivity contribution in [3.05, 3.63) is 29.8 Å². The van der Waals surface area contributed by atoms with Crippen LogP contribution in [0.4, 0.5) is 5.69 Å². The fourth-order valence-electron chi connectivity index (χ4n) is 2.02. The molecule has 0 radical (unpaired) electrons. The molecule has 0 saturated carbocycles. The Balaban J connectivity index is 2.53. The van der Waals surface area contributed by atoms with Gasteiger partial charge in [-0.05, 0) is 30.7 Å². The Labute approximate surface area is 161 Å². The number of aromatic carboxylic acids is 1. The predicted octanol–water partition coefficient (Wildman–Crippen LogP) is 0.564. The fraction of sp³-hybridized carbons (Fsp3) is 0.375. The molecule has 1 rings (SSSR count). The minimum Gasteiger partial charge on any atom is -0.478 e. The number of carboxylic acid groups (broad SMARTS) is 1. The zero-order valence-electron chi connectivity index (χ0n) is 13.9. The number of carbonyl (C=O) groups excluding carboxylic acids is 3. The lowest BCUT2D eigenvalue weighted by Gasteiger charge is -2.18. The summed E-state index contributed by atoms with van der Waals surface area (Å²) in [6.45, 7) is 0.180. The summed E-state index contributed by atoms with van der Waals surface area (Å²) in [7, 11) is 0. The first-order valence-electron chi connectivity index (χ1n) is 7.76. The first kappa shape index (κ1) is 21.8. The molecule has 1 unspecified atom stereocenters. The molecule has 1 atom stereocenters. The van der Waals surface area contributed by atoms with Gasteiger partial charge in [0, 0.05) is 24.7 Å². The maximum absolute atomic E-state index is 12.0. The van der Waals surface area contributed by atoms with Crippen LogP contribution in [0.1, 0.15) is 23.2 Å². The Kier molecular flexibility index (Phi) is 9.60. The van der Waals surface area contributed by atoms with Crippen molar-refractivity contribution < 1.29 is 24.3 Å². The summed E-state index contributed by atoms with van der Waals surface area (Å²) in [5, 5.41) is 16.8. The van der Waals surface area contributed by atoms with Crippen molar-refractivity contribution >= 4 is 54.6 Å². The molecule has 1 aromatic carbocycles. The van der Waals surface area contributed by atoms with Crippen LogP contribution in [0.3, 0.4) is 0 Å². The maximum atomic E-state index is 12.0. The number of rotatable bonds is 10. The number of hydrogen-bond acceptors (Lipinski definition) is 6. The Bertz CT molecular complexity index is 652.